The molecule has 1 fully saturated rings. The van der Waals surface area contributed by atoms with Crippen molar-refractivity contribution in [2.24, 2.45) is 5.92 Å². The Bertz CT molecular complexity index is 1010. The first kappa shape index (κ1) is 28.4. The summed E-state index contributed by atoms with van der Waals surface area (Å²) < 4.78 is 12.2. The highest BCUT2D eigenvalue weighted by molar-refractivity contribution is 14.1. The summed E-state index contributed by atoms with van der Waals surface area (Å²) >= 11 is 2.03. The van der Waals surface area contributed by atoms with Gasteiger partial charge >= 0.3 is 0 Å². The second kappa shape index (κ2) is 12.8. The molecule has 0 aliphatic heterocycles. The maximum absolute atomic E-state index is 13.0. The van der Waals surface area contributed by atoms with Crippen molar-refractivity contribution in [3.05, 3.63) is 32.9 Å². The van der Waals surface area contributed by atoms with E-state index in [-0.39, 0.29) is 44.1 Å². The van der Waals surface area contributed by atoms with Crippen LogP contribution in [0.5, 0.6) is 11.5 Å². The van der Waals surface area contributed by atoms with E-state index in [0.29, 0.717) is 27.2 Å². The summed E-state index contributed by atoms with van der Waals surface area (Å²) in [5.74, 6) is -0.786. The highest BCUT2D eigenvalue weighted by Gasteiger charge is 2.43. The molecule has 4 N–H and O–H groups in total. The smallest absolute Gasteiger partial charge is 0.290 e. The number of methoxy groups -OCH3 is 1. The van der Waals surface area contributed by atoms with Gasteiger partial charge in [0.15, 0.2) is 11.5 Å². The van der Waals surface area contributed by atoms with Gasteiger partial charge < -0.3 is 35.0 Å². The lowest BCUT2D eigenvalue weighted by atomic mass is 9.87. The van der Waals surface area contributed by atoms with Gasteiger partial charge in [0.05, 0.1) is 29.9 Å². The Morgan fingerprint density at radius 3 is 2.53 bits per heavy atom. The number of nitrogens with one attached hydrogen (secondary N) is 1. The number of benzene rings is 1. The average Bonchev–Trinajstić information content (AvgIpc) is 3.71. The molecule has 1 saturated carbocycles. The number of amides is 2. The summed E-state index contributed by atoms with van der Waals surface area (Å²) in [5, 5.41) is 32.6. The highest BCUT2D eigenvalue weighted by Crippen LogP contribution is 2.38. The second-order valence-electron chi connectivity index (χ2n) is 8.96. The predicted molar refractivity (Wildman–Crippen MR) is 138 cm³/mol. The number of ketones is 1. The SMILES string of the molecule is CCC(=O)C(=O)N(CC1CC1)[C@@H]1CC(C(=O)NCCO)=C[C@H](Oc2c(I)cc(CO)cc2OC)[C@H]1O. The normalized spacial score (nSPS) is 21.4. The monoisotopic (exact) mass is 616 g/mol. The van der Waals surface area contributed by atoms with E-state index in [2.05, 4.69) is 5.32 Å². The average molecular weight is 616 g/mol. The number of hydrogen-bond acceptors (Lipinski definition) is 8. The summed E-state index contributed by atoms with van der Waals surface area (Å²) in [6.07, 6.45) is 1.17. The van der Waals surface area contributed by atoms with Crippen molar-refractivity contribution in [2.75, 3.05) is 26.8 Å². The Hall–Kier alpha value is -2.22. The van der Waals surface area contributed by atoms with Crippen LogP contribution in [0.25, 0.3) is 0 Å². The summed E-state index contributed by atoms with van der Waals surface area (Å²) in [7, 11) is 1.45. The van der Waals surface area contributed by atoms with Crippen molar-refractivity contribution in [3.63, 3.8) is 0 Å². The number of rotatable bonds is 12. The molecule has 0 radical (unpaired) electrons. The van der Waals surface area contributed by atoms with E-state index in [4.69, 9.17) is 14.6 Å². The van der Waals surface area contributed by atoms with Crippen molar-refractivity contribution in [1.29, 1.82) is 0 Å². The fourth-order valence-electron chi connectivity index (χ4n) is 4.15. The Morgan fingerprint density at radius 1 is 1.22 bits per heavy atom. The van der Waals surface area contributed by atoms with Crippen LogP contribution in [0.1, 0.15) is 38.2 Å². The number of ether oxygens (including phenoxy) is 2. The number of aliphatic hydroxyl groups excluding tert-OH is 3. The van der Waals surface area contributed by atoms with Crippen molar-refractivity contribution in [1.82, 2.24) is 10.2 Å². The van der Waals surface area contributed by atoms with Gasteiger partial charge in [-0.2, -0.15) is 0 Å². The molecule has 198 valence electrons. The Morgan fingerprint density at radius 2 is 1.94 bits per heavy atom. The third-order valence-corrected chi connectivity index (χ3v) is 7.11. The van der Waals surface area contributed by atoms with Crippen molar-refractivity contribution >= 4 is 40.2 Å². The molecule has 1 aromatic carbocycles. The minimum Gasteiger partial charge on any atom is -0.493 e. The summed E-state index contributed by atoms with van der Waals surface area (Å²) in [6.45, 7) is 1.53. The van der Waals surface area contributed by atoms with Gasteiger partial charge in [0, 0.05) is 31.5 Å². The van der Waals surface area contributed by atoms with Gasteiger partial charge in [-0.1, -0.05) is 6.92 Å². The van der Waals surface area contributed by atoms with Crippen LogP contribution in [-0.2, 0) is 21.0 Å². The summed E-state index contributed by atoms with van der Waals surface area (Å²) in [4.78, 5) is 39.6. The molecule has 36 heavy (non-hydrogen) atoms. The first-order valence-electron chi connectivity index (χ1n) is 12.0. The van der Waals surface area contributed by atoms with E-state index < -0.39 is 35.8 Å². The third-order valence-electron chi connectivity index (χ3n) is 6.31. The molecule has 11 heteroatoms. The molecule has 0 saturated heterocycles. The van der Waals surface area contributed by atoms with Crippen LogP contribution in [0.3, 0.4) is 0 Å². The van der Waals surface area contributed by atoms with Crippen molar-refractivity contribution in [3.8, 4) is 11.5 Å². The standard InChI is InChI=1S/C25H33IN2O8/c1-3-19(31)25(34)28(12-14-4-5-14)18-10-16(24(33)27-6-7-29)11-20(22(18)32)36-23-17(26)8-15(13-30)9-21(23)35-2/h8-9,11,14,18,20,22,29-30,32H,3-7,10,12-13H2,1-2H3,(H,27,33)/t18-,20+,22+/m1/s1. The molecule has 2 amide bonds. The molecule has 0 heterocycles. The minimum absolute atomic E-state index is 0.0332. The molecule has 2 aliphatic rings. The molecule has 3 rings (SSSR count). The second-order valence-corrected chi connectivity index (χ2v) is 10.1. The van der Waals surface area contributed by atoms with E-state index in [0.717, 1.165) is 12.8 Å². The molecule has 0 unspecified atom stereocenters. The molecule has 1 aromatic rings. The maximum Gasteiger partial charge on any atom is 0.290 e. The topological polar surface area (TPSA) is 146 Å². The Labute approximate surface area is 223 Å². The zero-order chi connectivity index (χ0) is 26.4. The van der Waals surface area contributed by atoms with Crippen LogP contribution in [0, 0.1) is 9.49 Å². The van der Waals surface area contributed by atoms with Gasteiger partial charge in [0.1, 0.15) is 12.2 Å². The first-order chi connectivity index (χ1) is 17.2. The number of halogens is 1. The molecule has 0 spiro atoms. The Kier molecular flexibility index (Phi) is 10.1. The third kappa shape index (κ3) is 6.75. The maximum atomic E-state index is 13.0. The molecule has 3 atom stereocenters. The zero-order valence-electron chi connectivity index (χ0n) is 20.4. The number of aliphatic hydroxyl groups is 3. The number of nitrogens with zero attached hydrogens (tertiary/aromatic N) is 1. The van der Waals surface area contributed by atoms with Gasteiger partial charge in [-0.3, -0.25) is 14.4 Å². The molecule has 10 nitrogen and oxygen atoms in total. The molecule has 0 aromatic heterocycles. The van der Waals surface area contributed by atoms with Gasteiger partial charge in [-0.15, -0.1) is 0 Å². The highest BCUT2D eigenvalue weighted by atomic mass is 127. The van der Waals surface area contributed by atoms with E-state index >= 15 is 0 Å². The van der Waals surface area contributed by atoms with Crippen LogP contribution in [0.15, 0.2) is 23.8 Å². The van der Waals surface area contributed by atoms with E-state index in [1.54, 1.807) is 19.1 Å². The van der Waals surface area contributed by atoms with Crippen molar-refractivity contribution in [2.45, 2.75) is 57.5 Å². The molecular weight excluding hydrogens is 583 g/mol. The van der Waals surface area contributed by atoms with Crippen LogP contribution in [0.4, 0.5) is 0 Å². The van der Waals surface area contributed by atoms with E-state index in [1.807, 2.05) is 22.6 Å². The number of hydrogen-bond donors (Lipinski definition) is 4. The lowest BCUT2D eigenvalue weighted by Crippen LogP contribution is -2.56. The number of carbonyl (C=O) groups is 3. The van der Waals surface area contributed by atoms with E-state index in [9.17, 15) is 24.6 Å². The van der Waals surface area contributed by atoms with Crippen molar-refractivity contribution < 1.29 is 39.2 Å². The van der Waals surface area contributed by atoms with Crippen LogP contribution in [0.2, 0.25) is 0 Å². The zero-order valence-corrected chi connectivity index (χ0v) is 22.6. The van der Waals surface area contributed by atoms with Crippen LogP contribution < -0.4 is 14.8 Å². The summed E-state index contributed by atoms with van der Waals surface area (Å²) in [6, 6.07) is 2.47. The van der Waals surface area contributed by atoms with E-state index in [1.165, 1.54) is 18.1 Å². The molecule has 0 bridgehead atoms. The number of Topliss-reactive ketones (excluding diaryl/α,β-unsaturated/α-hetero) is 1. The Balaban J connectivity index is 1.99. The van der Waals surface area contributed by atoms with Gasteiger partial charge in [-0.05, 0) is 65.1 Å². The van der Waals surface area contributed by atoms with Gasteiger partial charge in [0.2, 0.25) is 11.7 Å². The fraction of sp³-hybridized carbons (Fsp3) is 0.560. The largest absolute Gasteiger partial charge is 0.493 e. The lowest BCUT2D eigenvalue weighted by Gasteiger charge is -2.40. The minimum atomic E-state index is -1.23. The molecular formula is C25H33IN2O8. The quantitative estimate of drug-likeness (QED) is 0.201. The predicted octanol–water partition coefficient (Wildman–Crippen LogP) is 0.925. The van der Waals surface area contributed by atoms with Gasteiger partial charge in [-0.25, -0.2) is 0 Å². The lowest BCUT2D eigenvalue weighted by molar-refractivity contribution is -0.149. The fourth-order valence-corrected chi connectivity index (χ4v) is 4.95. The first-order valence-corrected chi connectivity index (χ1v) is 13.1. The summed E-state index contributed by atoms with van der Waals surface area (Å²) in [5.41, 5.74) is 0.895. The van der Waals surface area contributed by atoms with Crippen LogP contribution >= 0.6 is 22.6 Å². The number of carbonyl (C=O) groups excluding carboxylic acids is 3. The molecule has 2 aliphatic carbocycles. The van der Waals surface area contributed by atoms with Crippen LogP contribution in [-0.4, -0.2) is 82.9 Å². The van der Waals surface area contributed by atoms with Gasteiger partial charge in [0.25, 0.3) is 5.91 Å².